The van der Waals surface area contributed by atoms with Gasteiger partial charge in [-0.3, -0.25) is 6.29 Å². The average molecular weight is 451 g/mol. The van der Waals surface area contributed by atoms with Crippen LogP contribution in [0.2, 0.25) is 0 Å². The summed E-state index contributed by atoms with van der Waals surface area (Å²) in [4.78, 5) is 8.68. The van der Waals surface area contributed by atoms with Crippen molar-refractivity contribution in [3.8, 4) is 0 Å². The number of aliphatic hydroxyl groups excluding tert-OH is 2. The standard InChI is InChI=1S/C21H35O2.C2H3O.Y/c1-4-13-5-6-16-19-17(8-10-20(13,16)2)21(3)9-7-15(22)11-14(21)12-18(19)23;1-2-3;/h4,13-19,22-23H,5-12H2,1-3H3;1H3;/q2*-1;/t13-,14-,15+,16?,17?,18-,19?,20+,21-;;/m0../s1. The van der Waals surface area contributed by atoms with E-state index in [0.717, 1.165) is 25.2 Å². The molecule has 27 heavy (non-hydrogen) atoms. The van der Waals surface area contributed by atoms with E-state index in [-0.39, 0.29) is 44.9 Å². The van der Waals surface area contributed by atoms with Gasteiger partial charge in [0.2, 0.25) is 0 Å². The molecule has 2 N–H and O–H groups in total. The van der Waals surface area contributed by atoms with E-state index in [4.69, 9.17) is 4.79 Å². The molecule has 0 heterocycles. The van der Waals surface area contributed by atoms with Crippen LogP contribution in [0.25, 0.3) is 0 Å². The SMILES string of the molecule is C[C-]=O.C[CH-][C@H]1CCC2C3C(CC[C@@]21C)[C@@]1(C)CC[C@@H](O)C[C@H]1C[C@@H]3O.[Y]. The second kappa shape index (κ2) is 9.23. The Bertz CT molecular complexity index is 512. The molecule has 0 spiro atoms. The number of fused-ring (bicyclic) bond motifs is 5. The van der Waals surface area contributed by atoms with Crippen LogP contribution >= 0.6 is 0 Å². The van der Waals surface area contributed by atoms with E-state index in [1.165, 1.54) is 45.3 Å². The molecule has 1 radical (unpaired) electrons. The fourth-order valence-corrected chi connectivity index (χ4v) is 7.79. The molecule has 153 valence electrons. The van der Waals surface area contributed by atoms with E-state index in [1.807, 2.05) is 0 Å². The van der Waals surface area contributed by atoms with E-state index in [0.29, 0.717) is 34.5 Å². The van der Waals surface area contributed by atoms with E-state index in [9.17, 15) is 10.2 Å². The summed E-state index contributed by atoms with van der Waals surface area (Å²) in [5, 5.41) is 21.2. The molecule has 4 rings (SSSR count). The molecule has 4 aliphatic rings. The van der Waals surface area contributed by atoms with Gasteiger partial charge < -0.3 is 21.4 Å². The molecule has 0 bridgehead atoms. The van der Waals surface area contributed by atoms with Crippen LogP contribution in [0.15, 0.2) is 0 Å². The molecule has 0 aliphatic heterocycles. The summed E-state index contributed by atoms with van der Waals surface area (Å²) in [5.74, 6) is 3.18. The van der Waals surface area contributed by atoms with E-state index < -0.39 is 0 Å². The first kappa shape index (κ1) is 24.0. The topological polar surface area (TPSA) is 57.5 Å². The van der Waals surface area contributed by atoms with Gasteiger partial charge in [-0.05, 0) is 67.6 Å². The summed E-state index contributed by atoms with van der Waals surface area (Å²) in [6.45, 7) is 8.56. The third-order valence-electron chi connectivity index (χ3n) is 9.13. The zero-order valence-corrected chi connectivity index (χ0v) is 20.5. The summed E-state index contributed by atoms with van der Waals surface area (Å²) < 4.78 is 0. The largest absolute Gasteiger partial charge is 0.542 e. The molecule has 3 unspecified atom stereocenters. The van der Waals surface area contributed by atoms with Crippen molar-refractivity contribution in [1.82, 2.24) is 0 Å². The van der Waals surface area contributed by atoms with Crippen LogP contribution < -0.4 is 0 Å². The van der Waals surface area contributed by atoms with Crippen LogP contribution in [0.1, 0.15) is 79.1 Å². The maximum atomic E-state index is 11.1. The van der Waals surface area contributed by atoms with Gasteiger partial charge in [0.1, 0.15) is 0 Å². The van der Waals surface area contributed by atoms with Crippen LogP contribution in [0, 0.1) is 46.8 Å². The number of carbonyl (C=O) groups excluding carboxylic acids is 1. The van der Waals surface area contributed by atoms with Gasteiger partial charge in [0.15, 0.2) is 0 Å². The first-order valence-electron chi connectivity index (χ1n) is 10.8. The minimum atomic E-state index is -0.136. The molecule has 0 saturated heterocycles. The molecule has 0 aromatic rings. The van der Waals surface area contributed by atoms with Gasteiger partial charge in [-0.15, -0.1) is 0 Å². The monoisotopic (exact) mass is 451 g/mol. The third kappa shape index (κ3) is 4.01. The van der Waals surface area contributed by atoms with Crippen molar-refractivity contribution in [2.45, 2.75) is 91.3 Å². The fourth-order valence-electron chi connectivity index (χ4n) is 7.79. The van der Waals surface area contributed by atoms with Crippen LogP contribution in [-0.4, -0.2) is 28.7 Å². The fraction of sp³-hybridized carbons (Fsp3) is 0.913. The van der Waals surface area contributed by atoms with Gasteiger partial charge in [-0.2, -0.15) is 19.8 Å². The Balaban J connectivity index is 0.000000614. The smallest absolute Gasteiger partial charge is 0.0577 e. The first-order valence-corrected chi connectivity index (χ1v) is 10.8. The summed E-state index contributed by atoms with van der Waals surface area (Å²) in [6, 6.07) is 0. The Hall–Kier alpha value is 0.694. The molecule has 4 fully saturated rings. The molecule has 0 aromatic carbocycles. The van der Waals surface area contributed by atoms with Crippen molar-refractivity contribution in [2.75, 3.05) is 0 Å². The minimum absolute atomic E-state index is 0. The zero-order valence-electron chi connectivity index (χ0n) is 17.7. The van der Waals surface area contributed by atoms with Crippen molar-refractivity contribution in [3.05, 3.63) is 6.42 Å². The Morgan fingerprint density at radius 2 is 1.56 bits per heavy atom. The maximum absolute atomic E-state index is 11.1. The van der Waals surface area contributed by atoms with Gasteiger partial charge in [0.05, 0.1) is 12.2 Å². The van der Waals surface area contributed by atoms with Crippen LogP contribution in [-0.2, 0) is 37.5 Å². The molecule has 4 saturated carbocycles. The molecule has 4 aliphatic carbocycles. The summed E-state index contributed by atoms with van der Waals surface area (Å²) in [5.41, 5.74) is 0.784. The van der Waals surface area contributed by atoms with Gasteiger partial charge >= 0.3 is 0 Å². The van der Waals surface area contributed by atoms with Crippen LogP contribution in [0.3, 0.4) is 0 Å². The summed E-state index contributed by atoms with van der Waals surface area (Å²) >= 11 is 0. The molecule has 0 aromatic heterocycles. The maximum Gasteiger partial charge on any atom is 0.0577 e. The van der Waals surface area contributed by atoms with Crippen molar-refractivity contribution in [1.29, 1.82) is 0 Å². The Morgan fingerprint density at radius 1 is 0.963 bits per heavy atom. The Labute approximate surface area is 191 Å². The van der Waals surface area contributed by atoms with Crippen LogP contribution in [0.4, 0.5) is 0 Å². The molecule has 4 heteroatoms. The number of hydrogen-bond acceptors (Lipinski definition) is 3. The van der Waals surface area contributed by atoms with Gasteiger partial charge in [-0.25, -0.2) is 0 Å². The summed E-state index contributed by atoms with van der Waals surface area (Å²) in [7, 11) is 0. The number of hydrogen-bond donors (Lipinski definition) is 2. The molecular formula is C23H38O3Y-2. The van der Waals surface area contributed by atoms with E-state index >= 15 is 0 Å². The summed E-state index contributed by atoms with van der Waals surface area (Å²) in [6.07, 6.45) is 12.9. The second-order valence-electron chi connectivity index (χ2n) is 9.99. The number of aliphatic hydroxyl groups is 2. The molecule has 3 nitrogen and oxygen atoms in total. The predicted molar refractivity (Wildman–Crippen MR) is 104 cm³/mol. The third-order valence-corrected chi connectivity index (χ3v) is 9.13. The molecular weight excluding hydrogens is 413 g/mol. The first-order chi connectivity index (χ1) is 12.3. The molecule has 9 atom stereocenters. The minimum Gasteiger partial charge on any atom is -0.542 e. The molecule has 0 amide bonds. The Kier molecular flexibility index (Phi) is 8.19. The van der Waals surface area contributed by atoms with Crippen molar-refractivity contribution in [2.24, 2.45) is 40.4 Å². The zero-order chi connectivity index (χ0) is 19.1. The van der Waals surface area contributed by atoms with E-state index in [1.54, 1.807) is 0 Å². The number of rotatable bonds is 1. The van der Waals surface area contributed by atoms with Crippen molar-refractivity contribution >= 4 is 6.29 Å². The van der Waals surface area contributed by atoms with E-state index in [2.05, 4.69) is 27.2 Å². The van der Waals surface area contributed by atoms with Crippen molar-refractivity contribution in [3.63, 3.8) is 0 Å². The average Bonchev–Trinajstić information content (AvgIpc) is 2.93. The second-order valence-corrected chi connectivity index (χ2v) is 9.99. The van der Waals surface area contributed by atoms with Gasteiger partial charge in [0.25, 0.3) is 0 Å². The van der Waals surface area contributed by atoms with Gasteiger partial charge in [-0.1, -0.05) is 32.1 Å². The van der Waals surface area contributed by atoms with Crippen molar-refractivity contribution < 1.29 is 47.7 Å². The predicted octanol–water partition coefficient (Wildman–Crippen LogP) is 4.31. The Morgan fingerprint density at radius 3 is 2.19 bits per heavy atom. The quantitative estimate of drug-likeness (QED) is 0.584. The van der Waals surface area contributed by atoms with Gasteiger partial charge in [0, 0.05) is 32.7 Å². The van der Waals surface area contributed by atoms with Crippen LogP contribution in [0.5, 0.6) is 0 Å². The normalized spacial score (nSPS) is 50.8.